The normalized spacial score (nSPS) is 10.4. The lowest BCUT2D eigenvalue weighted by atomic mass is 10.1. The molecule has 0 saturated heterocycles. The molecule has 19 heavy (non-hydrogen) atoms. The fourth-order valence-electron chi connectivity index (χ4n) is 2.05. The van der Waals surface area contributed by atoms with Crippen LogP contribution < -0.4 is 10.6 Å². The highest BCUT2D eigenvalue weighted by atomic mass is 16.2. The van der Waals surface area contributed by atoms with E-state index in [9.17, 15) is 4.79 Å². The quantitative estimate of drug-likeness (QED) is 0.851. The molecule has 0 atom stereocenters. The highest BCUT2D eigenvalue weighted by Gasteiger charge is 2.15. The lowest BCUT2D eigenvalue weighted by Gasteiger charge is -2.27. The molecule has 106 valence electrons. The number of nitrogens with two attached hydrogens (primary N) is 1. The molecule has 0 aliphatic heterocycles. The molecule has 1 rings (SSSR count). The summed E-state index contributed by atoms with van der Waals surface area (Å²) in [6, 6.07) is 6.23. The number of benzene rings is 1. The zero-order valence-corrected chi connectivity index (χ0v) is 12.4. The van der Waals surface area contributed by atoms with E-state index in [-0.39, 0.29) is 5.91 Å². The minimum absolute atomic E-state index is 0.108. The van der Waals surface area contributed by atoms with E-state index < -0.39 is 0 Å². The number of nitrogens with zero attached hydrogens (tertiary/aromatic N) is 2. The van der Waals surface area contributed by atoms with Crippen molar-refractivity contribution >= 4 is 11.6 Å². The zero-order valence-electron chi connectivity index (χ0n) is 12.4. The van der Waals surface area contributed by atoms with Gasteiger partial charge in [0.05, 0.1) is 6.54 Å². The molecule has 4 heteroatoms. The van der Waals surface area contributed by atoms with Crippen LogP contribution in [-0.4, -0.2) is 38.0 Å². The maximum atomic E-state index is 11.9. The lowest BCUT2D eigenvalue weighted by molar-refractivity contribution is -0.127. The number of likely N-dealkylation sites (N-methyl/N-ethyl adjacent to an activating group) is 1. The number of hydrogen-bond donors (Lipinski definition) is 1. The summed E-state index contributed by atoms with van der Waals surface area (Å²) in [5.41, 5.74) is 9.19. The van der Waals surface area contributed by atoms with Crippen molar-refractivity contribution in [2.75, 3.05) is 32.1 Å². The fraction of sp³-hybridized carbons (Fsp3) is 0.533. The average Bonchev–Trinajstić information content (AvgIpc) is 2.37. The SMILES string of the molecule is CCCN(CC(=O)N(C)C)c1ccc(C)cc1CN. The predicted octanol–water partition coefficient (Wildman–Crippen LogP) is 1.76. The summed E-state index contributed by atoms with van der Waals surface area (Å²) in [5, 5.41) is 0. The van der Waals surface area contributed by atoms with Crippen LogP contribution in [0.5, 0.6) is 0 Å². The van der Waals surface area contributed by atoms with Gasteiger partial charge in [0, 0.05) is 32.9 Å². The maximum absolute atomic E-state index is 11.9. The Morgan fingerprint density at radius 3 is 2.53 bits per heavy atom. The Labute approximate surface area is 116 Å². The van der Waals surface area contributed by atoms with Gasteiger partial charge in [0.2, 0.25) is 5.91 Å². The predicted molar refractivity (Wildman–Crippen MR) is 80.3 cm³/mol. The van der Waals surface area contributed by atoms with Gasteiger partial charge in [-0.3, -0.25) is 4.79 Å². The van der Waals surface area contributed by atoms with Gasteiger partial charge in [-0.15, -0.1) is 0 Å². The van der Waals surface area contributed by atoms with Crippen molar-refractivity contribution in [2.45, 2.75) is 26.8 Å². The van der Waals surface area contributed by atoms with E-state index in [0.717, 1.165) is 24.2 Å². The topological polar surface area (TPSA) is 49.6 Å². The molecule has 0 unspecified atom stereocenters. The van der Waals surface area contributed by atoms with Crippen LogP contribution in [0.25, 0.3) is 0 Å². The summed E-state index contributed by atoms with van der Waals surface area (Å²) in [4.78, 5) is 15.7. The van der Waals surface area contributed by atoms with Crippen molar-refractivity contribution < 1.29 is 4.79 Å². The third-order valence-corrected chi connectivity index (χ3v) is 3.11. The summed E-state index contributed by atoms with van der Waals surface area (Å²) >= 11 is 0. The standard InChI is InChI=1S/C15H25N3O/c1-5-8-18(11-15(19)17(3)4)14-7-6-12(2)9-13(14)10-16/h6-7,9H,5,8,10-11,16H2,1-4H3. The van der Waals surface area contributed by atoms with Crippen LogP contribution in [0.4, 0.5) is 5.69 Å². The van der Waals surface area contributed by atoms with Gasteiger partial charge < -0.3 is 15.5 Å². The summed E-state index contributed by atoms with van der Waals surface area (Å²) < 4.78 is 0. The zero-order chi connectivity index (χ0) is 14.4. The third kappa shape index (κ3) is 4.24. The first kappa shape index (κ1) is 15.5. The number of rotatable bonds is 6. The molecule has 0 bridgehead atoms. The Morgan fingerprint density at radius 1 is 1.32 bits per heavy atom. The van der Waals surface area contributed by atoms with Gasteiger partial charge in [-0.25, -0.2) is 0 Å². The van der Waals surface area contributed by atoms with Gasteiger partial charge in [0.25, 0.3) is 0 Å². The highest BCUT2D eigenvalue weighted by Crippen LogP contribution is 2.22. The maximum Gasteiger partial charge on any atom is 0.241 e. The molecular weight excluding hydrogens is 238 g/mol. The van der Waals surface area contributed by atoms with Crippen LogP contribution >= 0.6 is 0 Å². The van der Waals surface area contributed by atoms with E-state index >= 15 is 0 Å². The third-order valence-electron chi connectivity index (χ3n) is 3.11. The highest BCUT2D eigenvalue weighted by molar-refractivity contribution is 5.81. The second-order valence-electron chi connectivity index (χ2n) is 5.05. The first-order valence-electron chi connectivity index (χ1n) is 6.74. The molecule has 0 fully saturated rings. The Hall–Kier alpha value is -1.55. The number of amides is 1. The largest absolute Gasteiger partial charge is 0.362 e. The Balaban J connectivity index is 3.01. The number of carbonyl (C=O) groups excluding carboxylic acids is 1. The van der Waals surface area contributed by atoms with Crippen molar-refractivity contribution in [3.63, 3.8) is 0 Å². The van der Waals surface area contributed by atoms with Gasteiger partial charge in [-0.1, -0.05) is 24.6 Å². The number of aryl methyl sites for hydroxylation is 1. The van der Waals surface area contributed by atoms with Crippen molar-refractivity contribution in [1.82, 2.24) is 4.90 Å². The number of hydrogen-bond acceptors (Lipinski definition) is 3. The smallest absolute Gasteiger partial charge is 0.241 e. The average molecular weight is 263 g/mol. The summed E-state index contributed by atoms with van der Waals surface area (Å²) in [5.74, 6) is 0.108. The Kier molecular flexibility index (Phi) is 5.83. The first-order chi connectivity index (χ1) is 8.99. The summed E-state index contributed by atoms with van der Waals surface area (Å²) in [7, 11) is 3.57. The molecule has 0 aliphatic carbocycles. The van der Waals surface area contributed by atoms with Gasteiger partial charge in [0.15, 0.2) is 0 Å². The second-order valence-corrected chi connectivity index (χ2v) is 5.05. The van der Waals surface area contributed by atoms with Crippen LogP contribution in [0.2, 0.25) is 0 Å². The minimum atomic E-state index is 0.108. The first-order valence-corrected chi connectivity index (χ1v) is 6.74. The van der Waals surface area contributed by atoms with Crippen molar-refractivity contribution in [2.24, 2.45) is 5.73 Å². The van der Waals surface area contributed by atoms with Crippen LogP contribution in [0.15, 0.2) is 18.2 Å². The summed E-state index contributed by atoms with van der Waals surface area (Å²) in [6.45, 7) is 5.92. The van der Waals surface area contributed by atoms with Crippen LogP contribution in [0.3, 0.4) is 0 Å². The molecule has 0 aromatic heterocycles. The van der Waals surface area contributed by atoms with E-state index in [4.69, 9.17) is 5.73 Å². The van der Waals surface area contributed by atoms with Crippen molar-refractivity contribution in [3.05, 3.63) is 29.3 Å². The van der Waals surface area contributed by atoms with Gasteiger partial charge in [-0.2, -0.15) is 0 Å². The second kappa shape index (κ2) is 7.14. The number of carbonyl (C=O) groups is 1. The molecule has 0 radical (unpaired) electrons. The van der Waals surface area contributed by atoms with Crippen LogP contribution in [0, 0.1) is 6.92 Å². The van der Waals surface area contributed by atoms with Crippen molar-refractivity contribution in [3.8, 4) is 0 Å². The molecule has 1 aromatic rings. The Morgan fingerprint density at radius 2 is 2.00 bits per heavy atom. The van der Waals surface area contributed by atoms with E-state index in [1.807, 2.05) is 0 Å². The molecule has 0 spiro atoms. The molecule has 0 saturated carbocycles. The lowest BCUT2D eigenvalue weighted by Crippen LogP contribution is -2.37. The van der Waals surface area contributed by atoms with Gasteiger partial charge in [-0.05, 0) is 25.0 Å². The minimum Gasteiger partial charge on any atom is -0.362 e. The van der Waals surface area contributed by atoms with Gasteiger partial charge >= 0.3 is 0 Å². The molecular formula is C15H25N3O. The summed E-state index contributed by atoms with van der Waals surface area (Å²) in [6.07, 6.45) is 0.999. The number of anilines is 1. The molecule has 1 amide bonds. The fourth-order valence-corrected chi connectivity index (χ4v) is 2.05. The van der Waals surface area contributed by atoms with E-state index in [1.54, 1.807) is 19.0 Å². The monoisotopic (exact) mass is 263 g/mol. The molecule has 0 aliphatic rings. The molecule has 2 N–H and O–H groups in total. The van der Waals surface area contributed by atoms with Crippen LogP contribution in [-0.2, 0) is 11.3 Å². The van der Waals surface area contributed by atoms with Crippen molar-refractivity contribution in [1.29, 1.82) is 0 Å². The molecule has 0 heterocycles. The van der Waals surface area contributed by atoms with Gasteiger partial charge in [0.1, 0.15) is 0 Å². The van der Waals surface area contributed by atoms with E-state index in [2.05, 4.69) is 36.9 Å². The Bertz CT molecular complexity index is 429. The molecule has 1 aromatic carbocycles. The van der Waals surface area contributed by atoms with Crippen LogP contribution in [0.1, 0.15) is 24.5 Å². The van der Waals surface area contributed by atoms with E-state index in [0.29, 0.717) is 13.1 Å². The van der Waals surface area contributed by atoms with E-state index in [1.165, 1.54) is 5.56 Å². The molecule has 4 nitrogen and oxygen atoms in total.